The maximum absolute atomic E-state index is 13.9. The Morgan fingerprint density at radius 1 is 0.976 bits per heavy atom. The van der Waals surface area contributed by atoms with Gasteiger partial charge in [0, 0.05) is 41.7 Å². The lowest BCUT2D eigenvalue weighted by molar-refractivity contribution is -0.138. The molecule has 1 saturated heterocycles. The standard InChI is InChI=1S/C31H29ClF3N5O2/c1-30(2,3)29(42)36-17-18-9-12-23(31(33,34)35)22(15-18)28(41)37-19-10-11-21-25(16-19)38-26(20-7-4-5-8-24(20)32)39-27(21)40-13-6-14-40/h4-5,7-12,15-16H,6,13-14,17H2,1-3H3,(H,36,42)(H,37,41). The van der Waals surface area contributed by atoms with Crippen molar-refractivity contribution >= 4 is 45.8 Å². The molecule has 0 spiro atoms. The van der Waals surface area contributed by atoms with Gasteiger partial charge < -0.3 is 15.5 Å². The van der Waals surface area contributed by atoms with Crippen molar-refractivity contribution in [1.29, 1.82) is 0 Å². The van der Waals surface area contributed by atoms with E-state index in [9.17, 15) is 22.8 Å². The monoisotopic (exact) mass is 595 g/mol. The van der Waals surface area contributed by atoms with E-state index < -0.39 is 28.6 Å². The van der Waals surface area contributed by atoms with Crippen molar-refractivity contribution in [2.75, 3.05) is 23.3 Å². The van der Waals surface area contributed by atoms with Crippen LogP contribution >= 0.6 is 11.6 Å². The summed E-state index contributed by atoms with van der Waals surface area (Å²) in [5.41, 5.74) is -0.517. The molecule has 1 aliphatic rings. The van der Waals surface area contributed by atoms with Gasteiger partial charge in [-0.1, -0.05) is 50.6 Å². The zero-order valence-corrected chi connectivity index (χ0v) is 24.0. The molecular weight excluding hydrogens is 567 g/mol. The molecule has 2 N–H and O–H groups in total. The second kappa shape index (κ2) is 11.2. The molecule has 2 amide bonds. The number of carbonyl (C=O) groups excluding carboxylic acids is 2. The number of benzene rings is 3. The molecule has 5 rings (SSSR count). The molecular formula is C31H29ClF3N5O2. The summed E-state index contributed by atoms with van der Waals surface area (Å²) in [4.78, 5) is 37.1. The zero-order chi connectivity index (χ0) is 30.2. The van der Waals surface area contributed by atoms with Crippen molar-refractivity contribution in [2.24, 2.45) is 5.41 Å². The lowest BCUT2D eigenvalue weighted by Crippen LogP contribution is -2.37. The van der Waals surface area contributed by atoms with Crippen molar-refractivity contribution in [3.8, 4) is 11.4 Å². The second-order valence-electron chi connectivity index (χ2n) is 11.2. The summed E-state index contributed by atoms with van der Waals surface area (Å²) in [5, 5.41) is 6.53. The Kier molecular flexibility index (Phi) is 7.85. The van der Waals surface area contributed by atoms with Crippen LogP contribution in [0.25, 0.3) is 22.3 Å². The van der Waals surface area contributed by atoms with Crippen LogP contribution in [0, 0.1) is 5.41 Å². The Hall–Kier alpha value is -4.18. The zero-order valence-electron chi connectivity index (χ0n) is 23.3. The molecule has 0 saturated carbocycles. The number of halogens is 4. The van der Waals surface area contributed by atoms with Crippen LogP contribution in [0.4, 0.5) is 24.7 Å². The van der Waals surface area contributed by atoms with E-state index in [0.29, 0.717) is 27.5 Å². The van der Waals surface area contributed by atoms with Gasteiger partial charge in [0.2, 0.25) is 5.91 Å². The van der Waals surface area contributed by atoms with Gasteiger partial charge >= 0.3 is 6.18 Å². The number of amides is 2. The number of nitrogens with one attached hydrogen (secondary N) is 2. The number of fused-ring (bicyclic) bond motifs is 1. The van der Waals surface area contributed by atoms with E-state index in [2.05, 4.69) is 20.5 Å². The van der Waals surface area contributed by atoms with Crippen molar-refractivity contribution in [3.63, 3.8) is 0 Å². The average Bonchev–Trinajstić information content (AvgIpc) is 2.89. The number of hydrogen-bond donors (Lipinski definition) is 2. The van der Waals surface area contributed by atoms with E-state index >= 15 is 0 Å². The Labute approximate surface area is 246 Å². The number of hydrogen-bond acceptors (Lipinski definition) is 5. The third-order valence-corrected chi connectivity index (χ3v) is 7.30. The molecule has 0 radical (unpaired) electrons. The molecule has 0 bridgehead atoms. The van der Waals surface area contributed by atoms with Crippen LogP contribution in [0.3, 0.4) is 0 Å². The minimum absolute atomic E-state index is 0.0223. The highest BCUT2D eigenvalue weighted by molar-refractivity contribution is 6.33. The van der Waals surface area contributed by atoms with Gasteiger partial charge in [-0.2, -0.15) is 13.2 Å². The summed E-state index contributed by atoms with van der Waals surface area (Å²) in [6, 6.07) is 15.4. The Morgan fingerprint density at radius 2 is 1.71 bits per heavy atom. The van der Waals surface area contributed by atoms with E-state index in [1.54, 1.807) is 51.1 Å². The first-order valence-electron chi connectivity index (χ1n) is 13.4. The minimum atomic E-state index is -4.76. The van der Waals surface area contributed by atoms with E-state index in [4.69, 9.17) is 16.6 Å². The van der Waals surface area contributed by atoms with Gasteiger partial charge in [-0.3, -0.25) is 9.59 Å². The van der Waals surface area contributed by atoms with Gasteiger partial charge in [-0.25, -0.2) is 9.97 Å². The molecule has 7 nitrogen and oxygen atoms in total. The molecule has 11 heteroatoms. The molecule has 3 aromatic carbocycles. The summed E-state index contributed by atoms with van der Waals surface area (Å²) >= 11 is 6.42. The summed E-state index contributed by atoms with van der Waals surface area (Å²) in [5.74, 6) is -0.0689. The number of rotatable bonds is 6. The fraction of sp³-hybridized carbons (Fsp3) is 0.290. The molecule has 2 heterocycles. The third-order valence-electron chi connectivity index (χ3n) is 6.97. The van der Waals surface area contributed by atoms with Crippen molar-refractivity contribution in [2.45, 2.75) is 39.9 Å². The van der Waals surface area contributed by atoms with Crippen LogP contribution in [0.15, 0.2) is 60.7 Å². The molecule has 218 valence electrons. The highest BCUT2D eigenvalue weighted by Gasteiger charge is 2.35. The lowest BCUT2D eigenvalue weighted by atomic mass is 9.95. The number of nitrogens with zero attached hydrogens (tertiary/aromatic N) is 3. The summed E-state index contributed by atoms with van der Waals surface area (Å²) in [6.07, 6.45) is -3.73. The fourth-order valence-electron chi connectivity index (χ4n) is 4.51. The van der Waals surface area contributed by atoms with Gasteiger partial charge in [-0.15, -0.1) is 0 Å². The molecule has 4 aromatic rings. The first-order valence-corrected chi connectivity index (χ1v) is 13.8. The molecule has 42 heavy (non-hydrogen) atoms. The van der Waals surface area contributed by atoms with E-state index in [0.717, 1.165) is 42.8 Å². The van der Waals surface area contributed by atoms with Crippen LogP contribution in [-0.2, 0) is 17.5 Å². The largest absolute Gasteiger partial charge is 0.417 e. The van der Waals surface area contributed by atoms with E-state index in [1.807, 2.05) is 12.1 Å². The number of alkyl halides is 3. The van der Waals surface area contributed by atoms with Gasteiger partial charge in [0.05, 0.1) is 21.7 Å². The summed E-state index contributed by atoms with van der Waals surface area (Å²) < 4.78 is 41.6. The predicted molar refractivity (Wildman–Crippen MR) is 158 cm³/mol. The predicted octanol–water partition coefficient (Wildman–Crippen LogP) is 7.09. The Morgan fingerprint density at radius 3 is 2.36 bits per heavy atom. The topological polar surface area (TPSA) is 87.2 Å². The molecule has 0 atom stereocenters. The molecule has 0 aliphatic carbocycles. The Bertz CT molecular complexity index is 1680. The third kappa shape index (κ3) is 6.18. The summed E-state index contributed by atoms with van der Waals surface area (Å²) in [6.45, 7) is 6.83. The van der Waals surface area contributed by atoms with Crippen molar-refractivity contribution < 1.29 is 22.8 Å². The smallest absolute Gasteiger partial charge is 0.356 e. The second-order valence-corrected chi connectivity index (χ2v) is 11.6. The van der Waals surface area contributed by atoms with Crippen LogP contribution in [0.1, 0.15) is 48.7 Å². The first kappa shape index (κ1) is 29.3. The minimum Gasteiger partial charge on any atom is -0.356 e. The highest BCUT2D eigenvalue weighted by atomic mass is 35.5. The maximum atomic E-state index is 13.9. The van der Waals surface area contributed by atoms with E-state index in [-0.39, 0.29) is 18.1 Å². The highest BCUT2D eigenvalue weighted by Crippen LogP contribution is 2.35. The number of aromatic nitrogens is 2. The van der Waals surface area contributed by atoms with Crippen molar-refractivity contribution in [3.05, 3.63) is 82.4 Å². The lowest BCUT2D eigenvalue weighted by Gasteiger charge is -2.33. The summed E-state index contributed by atoms with van der Waals surface area (Å²) in [7, 11) is 0. The SMILES string of the molecule is CC(C)(C)C(=O)NCc1ccc(C(F)(F)F)c(C(=O)Nc2ccc3c(N4CCC4)nc(-c4ccccc4Cl)nc3c2)c1. The number of anilines is 2. The molecule has 1 aliphatic heterocycles. The molecule has 1 aromatic heterocycles. The first-order chi connectivity index (χ1) is 19.8. The van der Waals surface area contributed by atoms with Gasteiger partial charge in [0.25, 0.3) is 5.91 Å². The van der Waals surface area contributed by atoms with Crippen LogP contribution in [0.5, 0.6) is 0 Å². The molecule has 0 unspecified atom stereocenters. The van der Waals surface area contributed by atoms with Crippen molar-refractivity contribution in [1.82, 2.24) is 15.3 Å². The maximum Gasteiger partial charge on any atom is 0.417 e. The van der Waals surface area contributed by atoms with Gasteiger partial charge in [0.1, 0.15) is 5.82 Å². The quantitative estimate of drug-likeness (QED) is 0.248. The van der Waals surface area contributed by atoms with Crippen LogP contribution in [-0.4, -0.2) is 34.9 Å². The van der Waals surface area contributed by atoms with Crippen LogP contribution in [0.2, 0.25) is 5.02 Å². The number of carbonyl (C=O) groups is 2. The van der Waals surface area contributed by atoms with Crippen LogP contribution < -0.4 is 15.5 Å². The Balaban J connectivity index is 1.49. The van der Waals surface area contributed by atoms with E-state index in [1.165, 1.54) is 6.07 Å². The fourth-order valence-corrected chi connectivity index (χ4v) is 4.73. The normalized spacial score (nSPS) is 13.5. The van der Waals surface area contributed by atoms with Gasteiger partial charge in [0.15, 0.2) is 5.82 Å². The average molecular weight is 596 g/mol. The van der Waals surface area contributed by atoms with Gasteiger partial charge in [-0.05, 0) is 54.4 Å². The molecule has 1 fully saturated rings.